The summed E-state index contributed by atoms with van der Waals surface area (Å²) in [5, 5.41) is 2.97. The van der Waals surface area contributed by atoms with Gasteiger partial charge in [0, 0.05) is 38.0 Å². The number of rotatable bonds is 3. The van der Waals surface area contributed by atoms with Crippen LogP contribution in [0.5, 0.6) is 0 Å². The Hall–Kier alpha value is -2.30. The van der Waals surface area contributed by atoms with Crippen molar-refractivity contribution in [2.45, 2.75) is 54.5 Å². The molecule has 180 valence electrons. The van der Waals surface area contributed by atoms with Crippen LogP contribution in [0, 0.1) is 11.3 Å². The Morgan fingerprint density at radius 3 is 2.45 bits per heavy atom. The van der Waals surface area contributed by atoms with Crippen molar-refractivity contribution in [3.8, 4) is 0 Å². The van der Waals surface area contributed by atoms with Gasteiger partial charge in [0.25, 0.3) is 9.84 Å². The maximum Gasteiger partial charge on any atom is 0.501 e. The van der Waals surface area contributed by atoms with Crippen molar-refractivity contribution in [1.82, 2.24) is 15.1 Å². The van der Waals surface area contributed by atoms with Crippen molar-refractivity contribution in [1.29, 1.82) is 0 Å². The molecule has 1 saturated carbocycles. The summed E-state index contributed by atoms with van der Waals surface area (Å²) in [7, 11) is -5.35. The number of amides is 3. The van der Waals surface area contributed by atoms with Crippen LogP contribution in [0.3, 0.4) is 0 Å². The Morgan fingerprint density at radius 1 is 1.12 bits per heavy atom. The van der Waals surface area contributed by atoms with E-state index in [9.17, 15) is 31.2 Å². The highest BCUT2D eigenvalue weighted by molar-refractivity contribution is 7.92. The molecule has 3 saturated heterocycles. The molecule has 1 atom stereocenters. The molecule has 0 unspecified atom stereocenters. The third kappa shape index (κ3) is 3.87. The average molecular weight is 486 g/mol. The Kier molecular flexibility index (Phi) is 5.01. The van der Waals surface area contributed by atoms with E-state index in [4.69, 9.17) is 0 Å². The number of likely N-dealkylation sites (tertiary alicyclic amines) is 2. The maximum absolute atomic E-state index is 12.9. The van der Waals surface area contributed by atoms with E-state index in [1.807, 2.05) is 4.90 Å². The zero-order chi connectivity index (χ0) is 23.6. The third-order valence-corrected chi connectivity index (χ3v) is 9.14. The minimum Gasteiger partial charge on any atom is -0.347 e. The quantitative estimate of drug-likeness (QED) is 0.713. The number of hydrogen-bond acceptors (Lipinski definition) is 4. The van der Waals surface area contributed by atoms with Gasteiger partial charge in [0.2, 0.25) is 5.91 Å². The number of urea groups is 1. The van der Waals surface area contributed by atoms with Crippen LogP contribution in [-0.2, 0) is 21.1 Å². The molecular weight excluding hydrogens is 459 g/mol. The molecule has 1 N–H and O–H groups in total. The largest absolute Gasteiger partial charge is 0.501 e. The van der Waals surface area contributed by atoms with E-state index in [1.165, 1.54) is 6.07 Å². The van der Waals surface area contributed by atoms with Gasteiger partial charge >= 0.3 is 11.5 Å². The predicted octanol–water partition coefficient (Wildman–Crippen LogP) is 2.71. The number of sulfone groups is 1. The highest BCUT2D eigenvalue weighted by Crippen LogP contribution is 2.49. The Bertz CT molecular complexity index is 1090. The highest BCUT2D eigenvalue weighted by atomic mass is 32.2. The number of hydrogen-bond donors (Lipinski definition) is 1. The first kappa shape index (κ1) is 22.5. The lowest BCUT2D eigenvalue weighted by atomic mass is 9.77. The third-order valence-electron chi connectivity index (χ3n) is 7.66. The van der Waals surface area contributed by atoms with Gasteiger partial charge < -0.3 is 15.1 Å². The molecular formula is C22H26F3N3O4S. The molecule has 2 spiro atoms. The molecule has 11 heteroatoms. The minimum atomic E-state index is -5.35. The molecule has 3 heterocycles. The van der Waals surface area contributed by atoms with Crippen LogP contribution in [0.1, 0.15) is 37.7 Å². The molecule has 0 bridgehead atoms. The molecule has 4 fully saturated rings. The molecule has 1 aliphatic carbocycles. The first-order valence-corrected chi connectivity index (χ1v) is 12.6. The van der Waals surface area contributed by atoms with Gasteiger partial charge in [0.05, 0.1) is 10.4 Å². The molecule has 3 amide bonds. The predicted molar refractivity (Wildman–Crippen MR) is 112 cm³/mol. The summed E-state index contributed by atoms with van der Waals surface area (Å²) < 4.78 is 62.0. The van der Waals surface area contributed by atoms with Crippen LogP contribution in [0.15, 0.2) is 29.2 Å². The maximum atomic E-state index is 12.9. The Labute approximate surface area is 190 Å². The lowest BCUT2D eigenvalue weighted by Crippen LogP contribution is -2.72. The highest BCUT2D eigenvalue weighted by Gasteiger charge is 2.54. The molecule has 5 rings (SSSR count). The van der Waals surface area contributed by atoms with Crippen LogP contribution in [0.2, 0.25) is 0 Å². The molecule has 4 aliphatic rings. The second kappa shape index (κ2) is 7.35. The number of nitrogens with one attached hydrogen (secondary N) is 1. The van der Waals surface area contributed by atoms with Crippen LogP contribution < -0.4 is 5.32 Å². The summed E-state index contributed by atoms with van der Waals surface area (Å²) in [6.07, 6.45) is 4.52. The zero-order valence-electron chi connectivity index (χ0n) is 18.0. The molecule has 1 aromatic rings. The standard InChI is InChI=1S/C22H26F3N3O4S/c23-22(24,25)33(31,32)17-3-1-2-15(9-17)8-16-4-6-20(10-16)11-27(12-20)19(30)28-13-21(14-28)7-5-18(29)26-21/h1-3,9,16H,4-8,10-14H2,(H,26,29)/t16-/m0/s1. The lowest BCUT2D eigenvalue weighted by molar-refractivity contribution is -0.120. The molecule has 0 aromatic heterocycles. The van der Waals surface area contributed by atoms with Gasteiger partial charge in [-0.05, 0) is 55.7 Å². The van der Waals surface area contributed by atoms with Crippen molar-refractivity contribution in [2.75, 3.05) is 26.2 Å². The van der Waals surface area contributed by atoms with Crippen molar-refractivity contribution in [3.05, 3.63) is 29.8 Å². The van der Waals surface area contributed by atoms with Crippen LogP contribution in [0.4, 0.5) is 18.0 Å². The van der Waals surface area contributed by atoms with E-state index in [0.717, 1.165) is 37.8 Å². The van der Waals surface area contributed by atoms with E-state index in [0.29, 0.717) is 44.6 Å². The van der Waals surface area contributed by atoms with Crippen LogP contribution in [-0.4, -0.2) is 67.4 Å². The number of carbonyl (C=O) groups is 2. The second-order valence-corrected chi connectivity index (χ2v) is 12.2. The van der Waals surface area contributed by atoms with Crippen LogP contribution in [0.25, 0.3) is 0 Å². The monoisotopic (exact) mass is 485 g/mol. The van der Waals surface area contributed by atoms with Crippen molar-refractivity contribution < 1.29 is 31.2 Å². The van der Waals surface area contributed by atoms with Gasteiger partial charge in [-0.1, -0.05) is 12.1 Å². The topological polar surface area (TPSA) is 86.8 Å². The van der Waals surface area contributed by atoms with E-state index >= 15 is 0 Å². The molecule has 33 heavy (non-hydrogen) atoms. The second-order valence-electron chi connectivity index (χ2n) is 10.2. The van der Waals surface area contributed by atoms with E-state index in [-0.39, 0.29) is 28.8 Å². The number of nitrogens with zero attached hydrogens (tertiary/aromatic N) is 2. The number of benzene rings is 1. The summed E-state index contributed by atoms with van der Waals surface area (Å²) in [6.45, 7) is 2.45. The van der Waals surface area contributed by atoms with E-state index in [2.05, 4.69) is 5.32 Å². The van der Waals surface area contributed by atoms with Gasteiger partial charge in [0.1, 0.15) is 0 Å². The fourth-order valence-corrected chi connectivity index (χ4v) is 6.86. The summed E-state index contributed by atoms with van der Waals surface area (Å²) in [4.78, 5) is 27.1. The van der Waals surface area contributed by atoms with E-state index < -0.39 is 20.2 Å². The first-order valence-electron chi connectivity index (χ1n) is 11.2. The summed E-state index contributed by atoms with van der Waals surface area (Å²) >= 11 is 0. The minimum absolute atomic E-state index is 0.000840. The van der Waals surface area contributed by atoms with Gasteiger partial charge in [-0.15, -0.1) is 0 Å². The lowest BCUT2D eigenvalue weighted by Gasteiger charge is -2.54. The van der Waals surface area contributed by atoms with Gasteiger partial charge in [-0.2, -0.15) is 13.2 Å². The SMILES string of the molecule is O=C1CCC2(CN(C(=O)N3CC4(CC[C@@H](Cc5cccc(S(=O)(=O)C(F)(F)F)c5)C4)C3)C2)N1. The zero-order valence-corrected chi connectivity index (χ0v) is 18.8. The summed E-state index contributed by atoms with van der Waals surface area (Å²) in [5.74, 6) is 0.288. The molecule has 1 aromatic carbocycles. The average Bonchev–Trinajstić information content (AvgIpc) is 3.29. The summed E-state index contributed by atoms with van der Waals surface area (Å²) in [6, 6.07) is 5.13. The molecule has 7 nitrogen and oxygen atoms in total. The number of alkyl halides is 3. The Balaban J connectivity index is 1.14. The van der Waals surface area contributed by atoms with Gasteiger partial charge in [-0.3, -0.25) is 4.79 Å². The smallest absolute Gasteiger partial charge is 0.347 e. The van der Waals surface area contributed by atoms with Gasteiger partial charge in [-0.25, -0.2) is 13.2 Å². The normalized spacial score (nSPS) is 25.8. The summed E-state index contributed by atoms with van der Waals surface area (Å²) in [5.41, 5.74) is -4.93. The number of carbonyl (C=O) groups excluding carboxylic acids is 2. The van der Waals surface area contributed by atoms with Crippen molar-refractivity contribution in [3.63, 3.8) is 0 Å². The Morgan fingerprint density at radius 2 is 1.82 bits per heavy atom. The van der Waals surface area contributed by atoms with Gasteiger partial charge in [0.15, 0.2) is 0 Å². The number of halogens is 3. The first-order chi connectivity index (χ1) is 15.4. The van der Waals surface area contributed by atoms with Crippen molar-refractivity contribution in [2.24, 2.45) is 11.3 Å². The fourth-order valence-electron chi connectivity index (χ4n) is 6.02. The van der Waals surface area contributed by atoms with Crippen molar-refractivity contribution >= 4 is 21.8 Å². The fraction of sp³-hybridized carbons (Fsp3) is 0.636. The molecule has 0 radical (unpaired) electrons. The molecule has 3 aliphatic heterocycles. The van der Waals surface area contributed by atoms with E-state index in [1.54, 1.807) is 11.0 Å². The van der Waals surface area contributed by atoms with Crippen LogP contribution >= 0.6 is 0 Å².